The van der Waals surface area contributed by atoms with Crippen molar-refractivity contribution >= 4 is 11.7 Å². The Bertz CT molecular complexity index is 954. The number of fused-ring (bicyclic) bond motifs is 1. The van der Waals surface area contributed by atoms with Gasteiger partial charge in [-0.05, 0) is 43.5 Å². The van der Waals surface area contributed by atoms with Gasteiger partial charge in [0.2, 0.25) is 5.91 Å². The first-order valence-corrected chi connectivity index (χ1v) is 9.86. The summed E-state index contributed by atoms with van der Waals surface area (Å²) < 4.78 is 0. The summed E-state index contributed by atoms with van der Waals surface area (Å²) in [5, 5.41) is 9.31. The van der Waals surface area contributed by atoms with Gasteiger partial charge in [0, 0.05) is 38.4 Å². The van der Waals surface area contributed by atoms with E-state index in [1.807, 2.05) is 19.9 Å². The van der Waals surface area contributed by atoms with E-state index in [2.05, 4.69) is 47.1 Å². The average Bonchev–Trinajstić information content (AvgIpc) is 3.20. The lowest BCUT2D eigenvalue weighted by molar-refractivity contribution is -0.130. The number of rotatable bonds is 2. The molecule has 28 heavy (non-hydrogen) atoms. The Balaban J connectivity index is 1.67. The van der Waals surface area contributed by atoms with Crippen molar-refractivity contribution in [2.75, 3.05) is 24.5 Å². The van der Waals surface area contributed by atoms with Gasteiger partial charge in [0.25, 0.3) is 0 Å². The third-order valence-electron chi connectivity index (χ3n) is 6.40. The summed E-state index contributed by atoms with van der Waals surface area (Å²) in [7, 11) is 0. The van der Waals surface area contributed by atoms with Gasteiger partial charge in [-0.25, -0.2) is 4.98 Å². The third-order valence-corrected chi connectivity index (χ3v) is 6.40. The van der Waals surface area contributed by atoms with Crippen LogP contribution in [0.25, 0.3) is 0 Å². The zero-order valence-corrected chi connectivity index (χ0v) is 16.9. The Morgan fingerprint density at radius 3 is 2.54 bits per heavy atom. The van der Waals surface area contributed by atoms with Gasteiger partial charge >= 0.3 is 0 Å². The molecule has 144 valence electrons. The molecule has 1 aromatic heterocycles. The molecule has 3 atom stereocenters. The maximum Gasteiger partial charge on any atom is 0.219 e. The van der Waals surface area contributed by atoms with E-state index in [-0.39, 0.29) is 11.9 Å². The van der Waals surface area contributed by atoms with Crippen LogP contribution in [0.2, 0.25) is 0 Å². The minimum Gasteiger partial charge on any atom is -0.356 e. The molecule has 2 fully saturated rings. The topological polar surface area (TPSA) is 60.2 Å². The zero-order valence-electron chi connectivity index (χ0n) is 16.9. The van der Waals surface area contributed by atoms with E-state index in [1.165, 1.54) is 11.1 Å². The molecule has 2 aromatic rings. The molecule has 3 heterocycles. The van der Waals surface area contributed by atoms with E-state index in [0.717, 1.165) is 36.7 Å². The van der Waals surface area contributed by atoms with Gasteiger partial charge in [-0.15, -0.1) is 0 Å². The largest absolute Gasteiger partial charge is 0.356 e. The molecule has 5 heteroatoms. The molecule has 2 saturated heterocycles. The van der Waals surface area contributed by atoms with Gasteiger partial charge in [-0.1, -0.05) is 24.3 Å². The average molecular weight is 374 g/mol. The molecule has 1 aromatic carbocycles. The number of nitriles is 1. The van der Waals surface area contributed by atoms with E-state index < -0.39 is 0 Å². The van der Waals surface area contributed by atoms with E-state index >= 15 is 0 Å². The second kappa shape index (κ2) is 6.94. The molecule has 4 rings (SSSR count). The van der Waals surface area contributed by atoms with Gasteiger partial charge in [-0.3, -0.25) is 4.79 Å². The maximum absolute atomic E-state index is 12.4. The Labute approximate surface area is 166 Å². The number of pyridine rings is 1. The Morgan fingerprint density at radius 1 is 1.14 bits per heavy atom. The van der Waals surface area contributed by atoms with Crippen LogP contribution in [0.15, 0.2) is 30.3 Å². The smallest absolute Gasteiger partial charge is 0.219 e. The van der Waals surface area contributed by atoms with Gasteiger partial charge < -0.3 is 9.80 Å². The Morgan fingerprint density at radius 2 is 1.89 bits per heavy atom. The van der Waals surface area contributed by atoms with Crippen LogP contribution < -0.4 is 4.90 Å². The van der Waals surface area contributed by atoms with Crippen LogP contribution in [0.4, 0.5) is 5.82 Å². The predicted octanol–water partition coefficient (Wildman–Crippen LogP) is 3.53. The second-order valence-corrected chi connectivity index (χ2v) is 8.17. The number of carbonyl (C=O) groups is 1. The minimum atomic E-state index is 0.120. The summed E-state index contributed by atoms with van der Waals surface area (Å²) in [5.74, 6) is 1.92. The molecule has 1 amide bonds. The summed E-state index contributed by atoms with van der Waals surface area (Å²) in [6, 6.07) is 12.8. The number of anilines is 1. The van der Waals surface area contributed by atoms with Crippen LogP contribution in [0, 0.1) is 43.9 Å². The molecule has 0 spiro atoms. The van der Waals surface area contributed by atoms with Crippen LogP contribution >= 0.6 is 0 Å². The first-order valence-electron chi connectivity index (χ1n) is 9.86. The number of hydrogen-bond acceptors (Lipinski definition) is 4. The molecular formula is C23H26N4O. The van der Waals surface area contributed by atoms with E-state index in [0.29, 0.717) is 17.4 Å². The van der Waals surface area contributed by atoms with Crippen LogP contribution in [0.5, 0.6) is 0 Å². The van der Waals surface area contributed by atoms with Gasteiger partial charge in [0.1, 0.15) is 11.9 Å². The number of aryl methyl sites for hydroxylation is 3. The molecule has 0 radical (unpaired) electrons. The van der Waals surface area contributed by atoms with Crippen molar-refractivity contribution in [3.8, 4) is 6.07 Å². The van der Waals surface area contributed by atoms with E-state index in [9.17, 15) is 10.1 Å². The molecular weight excluding hydrogens is 348 g/mol. The van der Waals surface area contributed by atoms with Gasteiger partial charge in [0.05, 0.1) is 17.3 Å². The lowest BCUT2D eigenvalue weighted by Crippen LogP contribution is -2.34. The SMILES string of the molecule is CC(=O)N1C[C@H]2CN(c3cc(C)c(C#N)c(C)n3)C[C@H]2[C@H]1c1ccccc1C. The van der Waals surface area contributed by atoms with Crippen molar-refractivity contribution in [3.05, 3.63) is 58.3 Å². The molecule has 0 bridgehead atoms. The van der Waals surface area contributed by atoms with Crippen molar-refractivity contribution < 1.29 is 4.79 Å². The molecule has 0 N–H and O–H groups in total. The lowest BCUT2D eigenvalue weighted by atomic mass is 9.87. The number of aromatic nitrogens is 1. The summed E-state index contributed by atoms with van der Waals surface area (Å²) >= 11 is 0. The summed E-state index contributed by atoms with van der Waals surface area (Å²) in [4.78, 5) is 21.4. The minimum absolute atomic E-state index is 0.120. The summed E-state index contributed by atoms with van der Waals surface area (Å²) in [6.45, 7) is 10.3. The maximum atomic E-state index is 12.4. The van der Waals surface area contributed by atoms with Gasteiger partial charge in [0.15, 0.2) is 0 Å². The fraction of sp³-hybridized carbons (Fsp3) is 0.435. The number of likely N-dealkylation sites (tertiary alicyclic amines) is 1. The van der Waals surface area contributed by atoms with Crippen molar-refractivity contribution in [2.24, 2.45) is 11.8 Å². The molecule has 2 aliphatic heterocycles. The number of nitrogens with zero attached hydrogens (tertiary/aromatic N) is 4. The Kier molecular flexibility index (Phi) is 4.58. The predicted molar refractivity (Wildman–Crippen MR) is 109 cm³/mol. The lowest BCUT2D eigenvalue weighted by Gasteiger charge is -2.30. The van der Waals surface area contributed by atoms with E-state index in [1.54, 1.807) is 6.92 Å². The highest BCUT2D eigenvalue weighted by Crippen LogP contribution is 2.46. The first kappa shape index (κ1) is 18.5. The molecule has 0 aliphatic carbocycles. The van der Waals surface area contributed by atoms with Crippen molar-refractivity contribution in [1.82, 2.24) is 9.88 Å². The highest BCUT2D eigenvalue weighted by Gasteiger charge is 2.49. The number of benzene rings is 1. The van der Waals surface area contributed by atoms with Crippen LogP contribution in [0.1, 0.15) is 40.9 Å². The number of hydrogen-bond donors (Lipinski definition) is 0. The van der Waals surface area contributed by atoms with Crippen LogP contribution in [-0.2, 0) is 4.79 Å². The number of carbonyl (C=O) groups excluding carboxylic acids is 1. The van der Waals surface area contributed by atoms with Crippen LogP contribution in [0.3, 0.4) is 0 Å². The summed E-state index contributed by atoms with van der Waals surface area (Å²) in [6.07, 6.45) is 0. The Hall–Kier alpha value is -2.87. The standard InChI is InChI=1S/C23H26N4O/c1-14-7-5-6-8-19(14)23-21-13-26(11-18(21)12-27(23)17(4)28)22-9-15(2)20(10-24)16(3)25-22/h5-9,18,21,23H,11-13H2,1-4H3/t18-,21-,23-/m1/s1. The molecule has 0 unspecified atom stereocenters. The fourth-order valence-corrected chi connectivity index (χ4v) is 5.02. The van der Waals surface area contributed by atoms with E-state index in [4.69, 9.17) is 4.98 Å². The van der Waals surface area contributed by atoms with Crippen molar-refractivity contribution in [1.29, 1.82) is 5.26 Å². The zero-order chi connectivity index (χ0) is 20.0. The van der Waals surface area contributed by atoms with Crippen molar-refractivity contribution in [3.63, 3.8) is 0 Å². The first-order chi connectivity index (χ1) is 13.4. The monoisotopic (exact) mass is 374 g/mol. The third kappa shape index (κ3) is 2.93. The fourth-order valence-electron chi connectivity index (χ4n) is 5.02. The highest BCUT2D eigenvalue weighted by atomic mass is 16.2. The molecule has 5 nitrogen and oxygen atoms in total. The van der Waals surface area contributed by atoms with Crippen molar-refractivity contribution in [2.45, 2.75) is 33.7 Å². The molecule has 0 saturated carbocycles. The second-order valence-electron chi connectivity index (χ2n) is 8.17. The van der Waals surface area contributed by atoms with Gasteiger partial charge in [-0.2, -0.15) is 5.26 Å². The number of amides is 1. The molecule has 2 aliphatic rings. The normalized spacial score (nSPS) is 23.6. The van der Waals surface area contributed by atoms with Crippen LogP contribution in [-0.4, -0.2) is 35.4 Å². The highest BCUT2D eigenvalue weighted by molar-refractivity contribution is 5.74. The quantitative estimate of drug-likeness (QED) is 0.807. The summed E-state index contributed by atoms with van der Waals surface area (Å²) in [5.41, 5.74) is 4.93.